The Labute approximate surface area is 148 Å². The largest absolute Gasteiger partial charge is 0.236 e. The van der Waals surface area contributed by atoms with E-state index >= 15 is 0 Å². The number of rotatable bonds is 4. The standard InChI is InChI=1S/C12H9FN10S2/c1-22-11(16-18-20-22)24-9-10(25-12-17-19-21-23(12)2)15-8-5-6(13)3-4-7(8)14-9/h3-5H,1-2H3. The molecule has 0 spiro atoms. The van der Waals surface area contributed by atoms with Crippen molar-refractivity contribution in [3.05, 3.63) is 24.0 Å². The lowest BCUT2D eigenvalue weighted by atomic mass is 10.3. The van der Waals surface area contributed by atoms with Gasteiger partial charge in [0.15, 0.2) is 0 Å². The number of aryl methyl sites for hydroxylation is 2. The molecule has 10 nitrogen and oxygen atoms in total. The Morgan fingerprint density at radius 3 is 1.92 bits per heavy atom. The second kappa shape index (κ2) is 6.33. The van der Waals surface area contributed by atoms with Crippen molar-refractivity contribution in [3.8, 4) is 0 Å². The van der Waals surface area contributed by atoms with Crippen molar-refractivity contribution in [2.24, 2.45) is 14.1 Å². The number of hydrogen-bond acceptors (Lipinski definition) is 10. The Hall–Kier alpha value is -2.67. The summed E-state index contributed by atoms with van der Waals surface area (Å²) in [6, 6.07) is 4.25. The van der Waals surface area contributed by atoms with Gasteiger partial charge < -0.3 is 0 Å². The van der Waals surface area contributed by atoms with E-state index in [1.165, 1.54) is 45.0 Å². The molecule has 3 aromatic heterocycles. The summed E-state index contributed by atoms with van der Waals surface area (Å²) in [5.41, 5.74) is 1.01. The summed E-state index contributed by atoms with van der Waals surface area (Å²) in [6.07, 6.45) is 0. The van der Waals surface area contributed by atoms with E-state index in [9.17, 15) is 4.39 Å². The molecule has 4 rings (SSSR count). The zero-order chi connectivity index (χ0) is 17.4. The van der Waals surface area contributed by atoms with Gasteiger partial charge in [0.05, 0.1) is 11.0 Å². The Morgan fingerprint density at radius 1 is 0.840 bits per heavy atom. The summed E-state index contributed by atoms with van der Waals surface area (Å²) in [5, 5.41) is 24.9. The van der Waals surface area contributed by atoms with E-state index in [0.717, 1.165) is 0 Å². The lowest BCUT2D eigenvalue weighted by molar-refractivity contribution is 0.629. The maximum Gasteiger partial charge on any atom is 0.215 e. The van der Waals surface area contributed by atoms with Crippen molar-refractivity contribution in [2.45, 2.75) is 20.4 Å². The first-order valence-electron chi connectivity index (χ1n) is 6.88. The van der Waals surface area contributed by atoms with Crippen LogP contribution in [0.2, 0.25) is 0 Å². The van der Waals surface area contributed by atoms with Gasteiger partial charge in [0.2, 0.25) is 10.3 Å². The molecule has 0 aliphatic heterocycles. The number of tetrazole rings is 2. The molecule has 0 fully saturated rings. The minimum absolute atomic E-state index is 0.379. The highest BCUT2D eigenvalue weighted by Crippen LogP contribution is 2.35. The minimum Gasteiger partial charge on any atom is -0.236 e. The van der Waals surface area contributed by atoms with Crippen LogP contribution in [0.5, 0.6) is 0 Å². The van der Waals surface area contributed by atoms with Gasteiger partial charge in [0, 0.05) is 20.2 Å². The van der Waals surface area contributed by atoms with Gasteiger partial charge in [-0.25, -0.2) is 23.7 Å². The third-order valence-corrected chi connectivity index (χ3v) is 5.24. The smallest absolute Gasteiger partial charge is 0.215 e. The number of hydrogen-bond donors (Lipinski definition) is 0. The summed E-state index contributed by atoms with van der Waals surface area (Å²) in [5.74, 6) is -0.379. The topological polar surface area (TPSA) is 113 Å². The van der Waals surface area contributed by atoms with Crippen LogP contribution >= 0.6 is 23.5 Å². The quantitative estimate of drug-likeness (QED) is 0.513. The van der Waals surface area contributed by atoms with E-state index in [1.54, 1.807) is 20.2 Å². The molecule has 126 valence electrons. The summed E-state index contributed by atoms with van der Waals surface area (Å²) in [6.45, 7) is 0. The third kappa shape index (κ3) is 3.15. The first-order chi connectivity index (χ1) is 12.1. The summed E-state index contributed by atoms with van der Waals surface area (Å²) < 4.78 is 16.6. The van der Waals surface area contributed by atoms with E-state index in [4.69, 9.17) is 0 Å². The third-order valence-electron chi connectivity index (χ3n) is 3.10. The van der Waals surface area contributed by atoms with E-state index in [0.29, 0.717) is 31.4 Å². The maximum absolute atomic E-state index is 13.5. The monoisotopic (exact) mass is 376 g/mol. The van der Waals surface area contributed by atoms with Gasteiger partial charge in [0.1, 0.15) is 15.9 Å². The number of aromatic nitrogens is 10. The van der Waals surface area contributed by atoms with Crippen molar-refractivity contribution in [1.29, 1.82) is 0 Å². The summed E-state index contributed by atoms with van der Waals surface area (Å²) in [4.78, 5) is 9.08. The summed E-state index contributed by atoms with van der Waals surface area (Å²) in [7, 11) is 3.45. The Balaban J connectivity index is 1.82. The van der Waals surface area contributed by atoms with Gasteiger partial charge in [-0.2, -0.15) is 0 Å². The SMILES string of the molecule is Cn1nnnc1Sc1nc2ccc(F)cc2nc1Sc1nnnn1C. The molecule has 0 saturated heterocycles. The molecule has 0 N–H and O–H groups in total. The van der Waals surface area contributed by atoms with Gasteiger partial charge in [-0.05, 0) is 56.5 Å². The van der Waals surface area contributed by atoms with Gasteiger partial charge in [-0.1, -0.05) is 0 Å². The van der Waals surface area contributed by atoms with Crippen molar-refractivity contribution < 1.29 is 4.39 Å². The Kier molecular flexibility index (Phi) is 4.01. The highest BCUT2D eigenvalue weighted by Gasteiger charge is 2.17. The lowest BCUT2D eigenvalue weighted by Crippen LogP contribution is -1.98. The molecule has 0 aliphatic rings. The zero-order valence-corrected chi connectivity index (χ0v) is 14.5. The number of halogens is 1. The molecule has 13 heteroatoms. The second-order valence-corrected chi connectivity index (χ2v) is 6.75. The fraction of sp³-hybridized carbons (Fsp3) is 0.167. The van der Waals surface area contributed by atoms with Crippen LogP contribution in [0.1, 0.15) is 0 Å². The van der Waals surface area contributed by atoms with Gasteiger partial charge in [0.25, 0.3) is 0 Å². The molecular formula is C12H9FN10S2. The molecule has 0 unspecified atom stereocenters. The van der Waals surface area contributed by atoms with Crippen LogP contribution in [0.15, 0.2) is 38.6 Å². The average Bonchev–Trinajstić information content (AvgIpc) is 3.17. The zero-order valence-electron chi connectivity index (χ0n) is 12.9. The molecular weight excluding hydrogens is 367 g/mol. The molecule has 1 aromatic carbocycles. The molecule has 0 amide bonds. The van der Waals surface area contributed by atoms with E-state index in [-0.39, 0.29) is 5.82 Å². The van der Waals surface area contributed by atoms with Crippen LogP contribution in [0.3, 0.4) is 0 Å². The van der Waals surface area contributed by atoms with Gasteiger partial charge in [-0.15, -0.1) is 10.2 Å². The van der Waals surface area contributed by atoms with E-state index < -0.39 is 0 Å². The molecule has 3 heterocycles. The maximum atomic E-state index is 13.5. The predicted octanol–water partition coefficient (Wildman–Crippen LogP) is 1.12. The van der Waals surface area contributed by atoms with Crippen LogP contribution in [-0.2, 0) is 14.1 Å². The van der Waals surface area contributed by atoms with Crippen LogP contribution in [-0.4, -0.2) is 50.4 Å². The lowest BCUT2D eigenvalue weighted by Gasteiger charge is -2.07. The molecule has 0 aliphatic carbocycles. The van der Waals surface area contributed by atoms with Crippen LogP contribution < -0.4 is 0 Å². The fourth-order valence-corrected chi connectivity index (χ4v) is 3.56. The van der Waals surface area contributed by atoms with Crippen molar-refractivity contribution in [2.75, 3.05) is 0 Å². The van der Waals surface area contributed by atoms with Crippen molar-refractivity contribution in [3.63, 3.8) is 0 Å². The van der Waals surface area contributed by atoms with Crippen LogP contribution in [0.25, 0.3) is 11.0 Å². The van der Waals surface area contributed by atoms with Crippen LogP contribution in [0, 0.1) is 5.82 Å². The average molecular weight is 376 g/mol. The molecule has 4 aromatic rings. The Bertz CT molecular complexity index is 1060. The molecule has 0 radical (unpaired) electrons. The van der Waals surface area contributed by atoms with Crippen molar-refractivity contribution >= 4 is 34.6 Å². The van der Waals surface area contributed by atoms with Gasteiger partial charge >= 0.3 is 0 Å². The molecule has 0 saturated carbocycles. The highest BCUT2D eigenvalue weighted by molar-refractivity contribution is 8.02. The van der Waals surface area contributed by atoms with E-state index in [1.807, 2.05) is 0 Å². The Morgan fingerprint density at radius 2 is 1.40 bits per heavy atom. The first kappa shape index (κ1) is 15.8. The minimum atomic E-state index is -0.379. The second-order valence-electron chi connectivity index (χ2n) is 4.84. The number of fused-ring (bicyclic) bond motifs is 1. The number of nitrogens with zero attached hydrogens (tertiary/aromatic N) is 10. The van der Waals surface area contributed by atoms with Crippen LogP contribution in [0.4, 0.5) is 4.39 Å². The predicted molar refractivity (Wildman–Crippen MR) is 85.3 cm³/mol. The number of benzene rings is 1. The summed E-state index contributed by atoms with van der Waals surface area (Å²) >= 11 is 2.48. The van der Waals surface area contributed by atoms with Gasteiger partial charge in [-0.3, -0.25) is 0 Å². The molecule has 25 heavy (non-hydrogen) atoms. The highest BCUT2D eigenvalue weighted by atomic mass is 32.2. The normalized spacial score (nSPS) is 11.3. The first-order valence-corrected chi connectivity index (χ1v) is 8.51. The molecule has 0 atom stereocenters. The van der Waals surface area contributed by atoms with Crippen molar-refractivity contribution in [1.82, 2.24) is 50.4 Å². The fourth-order valence-electron chi connectivity index (χ4n) is 1.92. The van der Waals surface area contributed by atoms with E-state index in [2.05, 4.69) is 41.0 Å². The molecule has 0 bridgehead atoms.